The Labute approximate surface area is 301 Å². The van der Waals surface area contributed by atoms with E-state index in [2.05, 4.69) is 6.92 Å². The maximum absolute atomic E-state index is 11.2. The zero-order chi connectivity index (χ0) is 36.1. The van der Waals surface area contributed by atoms with Crippen molar-refractivity contribution in [1.82, 2.24) is 0 Å². The maximum Gasteiger partial charge on any atom is 0.308 e. The van der Waals surface area contributed by atoms with Crippen LogP contribution < -0.4 is 0 Å². The van der Waals surface area contributed by atoms with E-state index in [-0.39, 0.29) is 12.4 Å². The van der Waals surface area contributed by atoms with Gasteiger partial charge in [-0.3, -0.25) is 4.79 Å². The minimum atomic E-state index is -0.251. The number of carbonyl (C=O) groups is 1. The fourth-order valence-electron chi connectivity index (χ4n) is 3.76. The first-order valence-corrected chi connectivity index (χ1v) is 18.5. The molecular formula is C35H70O15. The maximum atomic E-state index is 11.2. The zero-order valence-corrected chi connectivity index (χ0v) is 31.3. The van der Waals surface area contributed by atoms with Crippen molar-refractivity contribution in [3.05, 3.63) is 0 Å². The molecule has 0 amide bonds. The van der Waals surface area contributed by atoms with E-state index < -0.39 is 0 Å². The SMILES string of the molecule is CCCCCCOCCOCCOCCOCCOCCOCCOCCOCCOCCOCCOCCOCCOCCC(=O)OCC. The van der Waals surface area contributed by atoms with Crippen molar-refractivity contribution < 1.29 is 71.1 Å². The smallest absolute Gasteiger partial charge is 0.308 e. The number of hydrogen-bond donors (Lipinski definition) is 0. The van der Waals surface area contributed by atoms with Crippen LogP contribution in [-0.4, -0.2) is 184 Å². The summed E-state index contributed by atoms with van der Waals surface area (Å²) in [5, 5.41) is 0. The molecule has 15 heteroatoms. The third-order valence-electron chi connectivity index (χ3n) is 6.36. The Kier molecular flexibility index (Phi) is 45.0. The number of esters is 1. The van der Waals surface area contributed by atoms with Gasteiger partial charge in [0.15, 0.2) is 0 Å². The summed E-state index contributed by atoms with van der Waals surface area (Å²) in [5.74, 6) is -0.251. The molecule has 0 spiro atoms. The van der Waals surface area contributed by atoms with Crippen molar-refractivity contribution in [3.63, 3.8) is 0 Å². The first-order chi connectivity index (χ1) is 24.8. The van der Waals surface area contributed by atoms with Gasteiger partial charge in [-0.05, 0) is 13.3 Å². The summed E-state index contributed by atoms with van der Waals surface area (Å²) in [5.41, 5.74) is 0. The van der Waals surface area contributed by atoms with Gasteiger partial charge in [0.25, 0.3) is 0 Å². The Morgan fingerprint density at radius 3 is 0.780 bits per heavy atom. The molecule has 0 N–H and O–H groups in total. The molecule has 0 atom stereocenters. The fourth-order valence-corrected chi connectivity index (χ4v) is 3.76. The van der Waals surface area contributed by atoms with Gasteiger partial charge in [-0.1, -0.05) is 26.2 Å². The van der Waals surface area contributed by atoms with Crippen LogP contribution in [0, 0.1) is 0 Å². The largest absolute Gasteiger partial charge is 0.466 e. The van der Waals surface area contributed by atoms with Gasteiger partial charge in [-0.25, -0.2) is 0 Å². The van der Waals surface area contributed by atoms with Gasteiger partial charge in [0.2, 0.25) is 0 Å². The minimum Gasteiger partial charge on any atom is -0.466 e. The van der Waals surface area contributed by atoms with E-state index in [0.717, 1.165) is 13.0 Å². The summed E-state index contributed by atoms with van der Waals surface area (Å²) in [6.07, 6.45) is 5.14. The fraction of sp³-hybridized carbons (Fsp3) is 0.971. The van der Waals surface area contributed by atoms with E-state index in [9.17, 15) is 4.79 Å². The molecule has 0 radical (unpaired) electrons. The highest BCUT2D eigenvalue weighted by Crippen LogP contribution is 1.98. The summed E-state index contributed by atoms with van der Waals surface area (Å²) < 4.78 is 75.8. The average Bonchev–Trinajstić information content (AvgIpc) is 3.12. The molecule has 0 aliphatic carbocycles. The van der Waals surface area contributed by atoms with Crippen molar-refractivity contribution in [2.24, 2.45) is 0 Å². The minimum absolute atomic E-state index is 0.251. The lowest BCUT2D eigenvalue weighted by Crippen LogP contribution is -2.15. The Morgan fingerprint density at radius 2 is 0.540 bits per heavy atom. The normalized spacial score (nSPS) is 11.5. The Hall–Kier alpha value is -1.05. The van der Waals surface area contributed by atoms with Crippen LogP contribution in [0.4, 0.5) is 0 Å². The van der Waals surface area contributed by atoms with Crippen LogP contribution in [0.3, 0.4) is 0 Å². The van der Waals surface area contributed by atoms with Crippen LogP contribution in [0.1, 0.15) is 46.0 Å². The number of carbonyl (C=O) groups excluding carboxylic acids is 1. The topological polar surface area (TPSA) is 146 Å². The lowest BCUT2D eigenvalue weighted by Gasteiger charge is -2.09. The lowest BCUT2D eigenvalue weighted by atomic mass is 10.2. The first-order valence-electron chi connectivity index (χ1n) is 18.5. The predicted molar refractivity (Wildman–Crippen MR) is 186 cm³/mol. The monoisotopic (exact) mass is 730 g/mol. The number of hydrogen-bond acceptors (Lipinski definition) is 15. The van der Waals surface area contributed by atoms with Gasteiger partial charge in [0, 0.05) is 6.61 Å². The molecule has 0 fully saturated rings. The molecule has 15 nitrogen and oxygen atoms in total. The van der Waals surface area contributed by atoms with Gasteiger partial charge in [-0.15, -0.1) is 0 Å². The van der Waals surface area contributed by atoms with Crippen molar-refractivity contribution in [2.45, 2.75) is 46.0 Å². The second-order valence-electron chi connectivity index (χ2n) is 10.6. The number of unbranched alkanes of at least 4 members (excludes halogenated alkanes) is 3. The van der Waals surface area contributed by atoms with Crippen molar-refractivity contribution in [1.29, 1.82) is 0 Å². The summed E-state index contributed by atoms with van der Waals surface area (Å²) in [6.45, 7) is 17.8. The van der Waals surface area contributed by atoms with E-state index in [4.69, 9.17) is 66.3 Å². The van der Waals surface area contributed by atoms with Crippen LogP contribution in [0.2, 0.25) is 0 Å². The molecule has 0 saturated carbocycles. The van der Waals surface area contributed by atoms with Crippen LogP contribution in [-0.2, 0) is 71.1 Å². The molecule has 0 heterocycles. The Bertz CT molecular complexity index is 633. The third-order valence-corrected chi connectivity index (χ3v) is 6.36. The van der Waals surface area contributed by atoms with Gasteiger partial charge in [-0.2, -0.15) is 0 Å². The first kappa shape index (κ1) is 49.0. The Balaban J connectivity index is 3.06. The van der Waals surface area contributed by atoms with E-state index in [0.29, 0.717) is 172 Å². The van der Waals surface area contributed by atoms with Gasteiger partial charge >= 0.3 is 5.97 Å². The second-order valence-corrected chi connectivity index (χ2v) is 10.6. The average molecular weight is 731 g/mol. The number of ether oxygens (including phenoxy) is 14. The molecule has 0 unspecified atom stereocenters. The number of rotatable bonds is 45. The molecule has 0 aromatic rings. The lowest BCUT2D eigenvalue weighted by molar-refractivity contribution is -0.144. The quantitative estimate of drug-likeness (QED) is 0.0668. The Morgan fingerprint density at radius 1 is 0.300 bits per heavy atom. The second kappa shape index (κ2) is 46.0. The van der Waals surface area contributed by atoms with E-state index in [1.807, 2.05) is 0 Å². The van der Waals surface area contributed by atoms with Crippen LogP contribution in [0.5, 0.6) is 0 Å². The third kappa shape index (κ3) is 45.0. The zero-order valence-electron chi connectivity index (χ0n) is 31.3. The summed E-state index contributed by atoms with van der Waals surface area (Å²) in [4.78, 5) is 11.2. The van der Waals surface area contributed by atoms with Crippen molar-refractivity contribution in [2.75, 3.05) is 178 Å². The molecule has 300 valence electrons. The summed E-state index contributed by atoms with van der Waals surface area (Å²) in [6, 6.07) is 0. The van der Waals surface area contributed by atoms with Gasteiger partial charge < -0.3 is 66.3 Å². The highest BCUT2D eigenvalue weighted by Gasteiger charge is 2.01. The van der Waals surface area contributed by atoms with Crippen LogP contribution in [0.15, 0.2) is 0 Å². The van der Waals surface area contributed by atoms with Crippen LogP contribution >= 0.6 is 0 Å². The predicted octanol–water partition coefficient (Wildman–Crippen LogP) is 2.74. The standard InChI is InChI=1S/C35H70O15/c1-3-5-6-7-9-37-11-13-39-15-17-41-19-21-43-23-25-45-27-29-47-31-33-49-34-32-48-30-28-46-26-24-44-22-20-42-18-16-40-14-12-38-10-8-35(36)50-4-2/h3-34H2,1-2H3. The highest BCUT2D eigenvalue weighted by atomic mass is 16.6. The molecular weight excluding hydrogens is 660 g/mol. The van der Waals surface area contributed by atoms with Crippen molar-refractivity contribution >= 4 is 5.97 Å². The van der Waals surface area contributed by atoms with Crippen LogP contribution in [0.25, 0.3) is 0 Å². The van der Waals surface area contributed by atoms with Crippen molar-refractivity contribution in [3.8, 4) is 0 Å². The molecule has 0 aromatic heterocycles. The van der Waals surface area contributed by atoms with E-state index >= 15 is 0 Å². The molecule has 0 rings (SSSR count). The highest BCUT2D eigenvalue weighted by molar-refractivity contribution is 5.69. The molecule has 50 heavy (non-hydrogen) atoms. The summed E-state index contributed by atoms with van der Waals surface area (Å²) in [7, 11) is 0. The molecule has 0 aliphatic rings. The van der Waals surface area contributed by atoms with E-state index in [1.54, 1.807) is 6.92 Å². The molecule has 0 bridgehead atoms. The van der Waals surface area contributed by atoms with Gasteiger partial charge in [0.05, 0.1) is 178 Å². The van der Waals surface area contributed by atoms with Gasteiger partial charge in [0.1, 0.15) is 0 Å². The van der Waals surface area contributed by atoms with E-state index in [1.165, 1.54) is 19.3 Å². The summed E-state index contributed by atoms with van der Waals surface area (Å²) >= 11 is 0. The molecule has 0 saturated heterocycles. The molecule has 0 aromatic carbocycles. The molecule has 0 aliphatic heterocycles.